The van der Waals surface area contributed by atoms with E-state index in [1.807, 2.05) is 0 Å². The van der Waals surface area contributed by atoms with Crippen LogP contribution in [0, 0.1) is 0 Å². The molecule has 1 unspecified atom stereocenters. The smallest absolute Gasteiger partial charge is 0.164 e. The number of likely N-dealkylation sites (N-methyl/N-ethyl adjacent to an activating group) is 1. The highest BCUT2D eigenvalue weighted by Gasteiger charge is 2.27. The van der Waals surface area contributed by atoms with Crippen LogP contribution in [0.15, 0.2) is 36.1 Å². The van der Waals surface area contributed by atoms with Gasteiger partial charge in [-0.15, -0.1) is 0 Å². The summed E-state index contributed by atoms with van der Waals surface area (Å²) in [5.41, 5.74) is 3.91. The molecule has 160 valence electrons. The van der Waals surface area contributed by atoms with Gasteiger partial charge in [0.25, 0.3) is 0 Å². The van der Waals surface area contributed by atoms with Gasteiger partial charge in [-0.1, -0.05) is 38.7 Å². The van der Waals surface area contributed by atoms with Gasteiger partial charge < -0.3 is 19.7 Å². The van der Waals surface area contributed by atoms with Gasteiger partial charge in [0.2, 0.25) is 0 Å². The van der Waals surface area contributed by atoms with Crippen molar-refractivity contribution in [1.29, 1.82) is 0 Å². The third kappa shape index (κ3) is 5.57. The summed E-state index contributed by atoms with van der Waals surface area (Å²) in [4.78, 5) is 2.43. The van der Waals surface area contributed by atoms with Gasteiger partial charge in [0.1, 0.15) is 0 Å². The molecule has 0 bridgehead atoms. The first-order valence-electron chi connectivity index (χ1n) is 11.2. The van der Waals surface area contributed by atoms with Gasteiger partial charge in [0.05, 0.1) is 20.3 Å². The molecule has 1 heterocycles. The summed E-state index contributed by atoms with van der Waals surface area (Å²) in [7, 11) is 5.70. The molecule has 1 N–H and O–H groups in total. The van der Waals surface area contributed by atoms with E-state index in [1.54, 1.807) is 14.2 Å². The van der Waals surface area contributed by atoms with Crippen LogP contribution < -0.4 is 14.8 Å². The summed E-state index contributed by atoms with van der Waals surface area (Å²) in [6, 6.07) is 4.62. The first kappa shape index (κ1) is 21.8. The lowest BCUT2D eigenvalue weighted by Crippen LogP contribution is -2.25. The zero-order valence-corrected chi connectivity index (χ0v) is 18.7. The molecule has 0 radical (unpaired) electrons. The Hall–Kier alpha value is -1.94. The molecule has 4 nitrogen and oxygen atoms in total. The lowest BCUT2D eigenvalue weighted by atomic mass is 9.78. The Morgan fingerprint density at radius 3 is 2.59 bits per heavy atom. The highest BCUT2D eigenvalue weighted by atomic mass is 16.5. The summed E-state index contributed by atoms with van der Waals surface area (Å²) in [6.07, 6.45) is 15.7. The summed E-state index contributed by atoms with van der Waals surface area (Å²) >= 11 is 0. The lowest BCUT2D eigenvalue weighted by molar-refractivity contribution is 0.336. The predicted octanol–water partition coefficient (Wildman–Crippen LogP) is 5.57. The third-order valence-electron chi connectivity index (χ3n) is 6.23. The number of hydrogen-bond donors (Lipinski definition) is 1. The zero-order valence-electron chi connectivity index (χ0n) is 18.7. The fourth-order valence-corrected chi connectivity index (χ4v) is 4.29. The SMILES string of the molecule is CCCCCCN(C)CC1=CC(c2cc(OC)c(OC)c(C3CCC3)c2)NC=C1. The van der Waals surface area contributed by atoms with Crippen LogP contribution in [0.3, 0.4) is 0 Å². The van der Waals surface area contributed by atoms with E-state index < -0.39 is 0 Å². The summed E-state index contributed by atoms with van der Waals surface area (Å²) in [5.74, 6) is 2.34. The van der Waals surface area contributed by atoms with Crippen LogP contribution in [0.1, 0.15) is 75.0 Å². The maximum Gasteiger partial charge on any atom is 0.164 e. The largest absolute Gasteiger partial charge is 0.493 e. The number of unbranched alkanes of at least 4 members (excludes halogenated alkanes) is 3. The number of dihydropyridines is 1. The van der Waals surface area contributed by atoms with Crippen LogP contribution in [0.5, 0.6) is 11.5 Å². The first-order chi connectivity index (χ1) is 14.2. The number of nitrogens with zero attached hydrogens (tertiary/aromatic N) is 1. The predicted molar refractivity (Wildman–Crippen MR) is 121 cm³/mol. The molecule has 1 aromatic rings. The van der Waals surface area contributed by atoms with E-state index in [1.165, 1.54) is 61.6 Å². The van der Waals surface area contributed by atoms with Gasteiger partial charge in [-0.25, -0.2) is 0 Å². The van der Waals surface area contributed by atoms with Gasteiger partial charge in [-0.2, -0.15) is 0 Å². The van der Waals surface area contributed by atoms with Crippen molar-refractivity contribution >= 4 is 0 Å². The molecular weight excluding hydrogens is 360 g/mol. The molecule has 1 aliphatic carbocycles. The number of rotatable bonds is 11. The van der Waals surface area contributed by atoms with E-state index in [4.69, 9.17) is 9.47 Å². The molecule has 29 heavy (non-hydrogen) atoms. The second-order valence-electron chi connectivity index (χ2n) is 8.49. The van der Waals surface area contributed by atoms with Crippen molar-refractivity contribution in [2.24, 2.45) is 0 Å². The van der Waals surface area contributed by atoms with Crippen LogP contribution in [0.2, 0.25) is 0 Å². The molecule has 3 rings (SSSR count). The Morgan fingerprint density at radius 2 is 1.93 bits per heavy atom. The number of nitrogens with one attached hydrogen (secondary N) is 1. The number of ether oxygens (including phenoxy) is 2. The fraction of sp³-hybridized carbons (Fsp3) is 0.600. The average Bonchev–Trinajstić information content (AvgIpc) is 2.69. The number of hydrogen-bond acceptors (Lipinski definition) is 4. The first-order valence-corrected chi connectivity index (χ1v) is 11.2. The minimum Gasteiger partial charge on any atom is -0.493 e. The van der Waals surface area contributed by atoms with Crippen molar-refractivity contribution in [3.05, 3.63) is 47.2 Å². The Kier molecular flexibility index (Phi) is 8.05. The van der Waals surface area contributed by atoms with E-state index in [0.717, 1.165) is 24.6 Å². The molecule has 1 aromatic carbocycles. The molecular formula is C25H38N2O2. The topological polar surface area (TPSA) is 33.7 Å². The Bertz CT molecular complexity index is 722. The molecule has 1 atom stereocenters. The van der Waals surface area contributed by atoms with Crippen molar-refractivity contribution in [1.82, 2.24) is 10.2 Å². The minimum atomic E-state index is 0.169. The van der Waals surface area contributed by atoms with Gasteiger partial charge >= 0.3 is 0 Å². The van der Waals surface area contributed by atoms with Crippen LogP contribution in [0.25, 0.3) is 0 Å². The molecule has 0 spiro atoms. The van der Waals surface area contributed by atoms with Crippen LogP contribution in [0.4, 0.5) is 0 Å². The van der Waals surface area contributed by atoms with Crippen LogP contribution in [-0.2, 0) is 0 Å². The minimum absolute atomic E-state index is 0.169. The Balaban J connectivity index is 1.73. The van der Waals surface area contributed by atoms with E-state index in [-0.39, 0.29) is 6.04 Å². The summed E-state index contributed by atoms with van der Waals surface area (Å²) in [6.45, 7) is 4.41. The maximum atomic E-state index is 5.71. The van der Waals surface area contributed by atoms with Crippen molar-refractivity contribution in [2.75, 3.05) is 34.4 Å². The maximum absolute atomic E-state index is 5.71. The summed E-state index contributed by atoms with van der Waals surface area (Å²) in [5, 5.41) is 3.52. The Labute approximate surface area is 177 Å². The van der Waals surface area contributed by atoms with Crippen molar-refractivity contribution in [3.8, 4) is 11.5 Å². The zero-order chi connectivity index (χ0) is 20.6. The van der Waals surface area contributed by atoms with E-state index >= 15 is 0 Å². The lowest BCUT2D eigenvalue weighted by Gasteiger charge is -2.30. The van der Waals surface area contributed by atoms with Crippen LogP contribution in [-0.4, -0.2) is 39.3 Å². The Morgan fingerprint density at radius 1 is 1.10 bits per heavy atom. The molecule has 4 heteroatoms. The molecule has 0 amide bonds. The van der Waals surface area contributed by atoms with Crippen molar-refractivity contribution in [2.45, 2.75) is 63.8 Å². The second-order valence-corrected chi connectivity index (χ2v) is 8.49. The number of benzene rings is 1. The standard InChI is InChI=1S/C25H38N2O2/c1-5-6-7-8-14-27(2)18-19-12-13-26-23(15-19)21-16-22(20-10-9-11-20)25(29-4)24(17-21)28-3/h12-13,15-17,20,23,26H,5-11,14,18H2,1-4H3. The molecule has 1 saturated carbocycles. The van der Waals surface area contributed by atoms with E-state index in [9.17, 15) is 0 Å². The molecule has 2 aliphatic rings. The van der Waals surface area contributed by atoms with E-state index in [2.05, 4.69) is 54.7 Å². The second kappa shape index (κ2) is 10.7. The number of methoxy groups -OCH3 is 2. The molecule has 1 aliphatic heterocycles. The van der Waals surface area contributed by atoms with Gasteiger partial charge in [-0.3, -0.25) is 0 Å². The van der Waals surface area contributed by atoms with E-state index in [0.29, 0.717) is 5.92 Å². The monoisotopic (exact) mass is 398 g/mol. The third-order valence-corrected chi connectivity index (χ3v) is 6.23. The van der Waals surface area contributed by atoms with Crippen molar-refractivity contribution in [3.63, 3.8) is 0 Å². The fourth-order valence-electron chi connectivity index (χ4n) is 4.29. The molecule has 0 aromatic heterocycles. The van der Waals surface area contributed by atoms with Crippen molar-refractivity contribution < 1.29 is 9.47 Å². The highest BCUT2D eigenvalue weighted by molar-refractivity contribution is 5.53. The average molecular weight is 399 g/mol. The normalized spacial score (nSPS) is 18.9. The van der Waals surface area contributed by atoms with Gasteiger partial charge in [0.15, 0.2) is 11.5 Å². The quantitative estimate of drug-likeness (QED) is 0.494. The van der Waals surface area contributed by atoms with Gasteiger partial charge in [0, 0.05) is 12.1 Å². The van der Waals surface area contributed by atoms with Gasteiger partial charge in [-0.05, 0) is 74.3 Å². The highest BCUT2D eigenvalue weighted by Crippen LogP contribution is 2.46. The summed E-state index contributed by atoms with van der Waals surface area (Å²) < 4.78 is 11.4. The molecule has 1 fully saturated rings. The molecule has 0 saturated heterocycles. The van der Waals surface area contributed by atoms with Crippen LogP contribution >= 0.6 is 0 Å².